The van der Waals surface area contributed by atoms with Crippen molar-refractivity contribution >= 4 is 5.91 Å². The quantitative estimate of drug-likeness (QED) is 0.869. The van der Waals surface area contributed by atoms with E-state index in [1.807, 2.05) is 34.0 Å². The summed E-state index contributed by atoms with van der Waals surface area (Å²) in [6.45, 7) is 3.17. The summed E-state index contributed by atoms with van der Waals surface area (Å²) >= 11 is 0. The maximum Gasteiger partial charge on any atom is 0.222 e. The molecule has 2 aliphatic heterocycles. The van der Waals surface area contributed by atoms with Gasteiger partial charge in [-0.2, -0.15) is 5.10 Å². The van der Waals surface area contributed by atoms with Crippen molar-refractivity contribution in [3.63, 3.8) is 0 Å². The zero-order valence-corrected chi connectivity index (χ0v) is 13.1. The van der Waals surface area contributed by atoms with Gasteiger partial charge in [-0.1, -0.05) is 18.2 Å². The first-order valence-corrected chi connectivity index (χ1v) is 8.20. The molecule has 1 spiro atoms. The van der Waals surface area contributed by atoms with E-state index in [0.29, 0.717) is 6.42 Å². The number of aryl methyl sites for hydroxylation is 1. The predicted octanol–water partition coefficient (Wildman–Crippen LogP) is 2.13. The van der Waals surface area contributed by atoms with Gasteiger partial charge in [-0.25, -0.2) is 0 Å². The summed E-state index contributed by atoms with van der Waals surface area (Å²) in [6, 6.07) is 10.1. The van der Waals surface area contributed by atoms with Crippen molar-refractivity contribution in [1.29, 1.82) is 0 Å². The van der Waals surface area contributed by atoms with Gasteiger partial charge in [0.2, 0.25) is 5.91 Å². The molecule has 1 amide bonds. The lowest BCUT2D eigenvalue weighted by Crippen LogP contribution is -2.62. The third kappa shape index (κ3) is 2.83. The van der Waals surface area contributed by atoms with Gasteiger partial charge in [-0.05, 0) is 30.5 Å². The highest BCUT2D eigenvalue weighted by molar-refractivity contribution is 5.77. The Morgan fingerprint density at radius 2 is 2.13 bits per heavy atom. The Hall–Kier alpha value is -2.30. The number of benzene rings is 1. The second kappa shape index (κ2) is 5.72. The summed E-state index contributed by atoms with van der Waals surface area (Å²) in [7, 11) is 0. The summed E-state index contributed by atoms with van der Waals surface area (Å²) < 4.78 is 7.76. The first-order valence-electron chi connectivity index (χ1n) is 8.20. The van der Waals surface area contributed by atoms with E-state index in [4.69, 9.17) is 4.74 Å². The first kappa shape index (κ1) is 14.3. The Kier molecular flexibility index (Phi) is 3.56. The highest BCUT2D eigenvalue weighted by atomic mass is 16.5. The molecule has 23 heavy (non-hydrogen) atoms. The molecular weight excluding hydrogens is 290 g/mol. The molecule has 0 N–H and O–H groups in total. The molecule has 0 saturated carbocycles. The van der Waals surface area contributed by atoms with Crippen molar-refractivity contribution in [3.8, 4) is 5.75 Å². The number of carbonyl (C=O) groups is 1. The van der Waals surface area contributed by atoms with E-state index in [0.717, 1.165) is 44.8 Å². The number of aromatic nitrogens is 2. The topological polar surface area (TPSA) is 47.4 Å². The van der Waals surface area contributed by atoms with Gasteiger partial charge in [0.25, 0.3) is 0 Å². The van der Waals surface area contributed by atoms with Crippen LogP contribution in [-0.4, -0.2) is 40.3 Å². The van der Waals surface area contributed by atoms with Crippen LogP contribution in [0.2, 0.25) is 0 Å². The highest BCUT2D eigenvalue weighted by Gasteiger charge is 2.47. The molecule has 2 aliphatic rings. The zero-order chi connectivity index (χ0) is 15.7. The van der Waals surface area contributed by atoms with E-state index in [1.165, 1.54) is 5.56 Å². The molecule has 120 valence electrons. The van der Waals surface area contributed by atoms with Crippen molar-refractivity contribution < 1.29 is 9.53 Å². The summed E-state index contributed by atoms with van der Waals surface area (Å²) in [5.74, 6) is 1.25. The van der Waals surface area contributed by atoms with Crippen LogP contribution in [0, 0.1) is 5.41 Å². The Morgan fingerprint density at radius 1 is 1.26 bits per heavy atom. The normalized spacial score (nSPS) is 18.2. The summed E-state index contributed by atoms with van der Waals surface area (Å²) in [4.78, 5) is 14.3. The zero-order valence-electron chi connectivity index (χ0n) is 13.1. The minimum Gasteiger partial charge on any atom is -0.493 e. The van der Waals surface area contributed by atoms with Gasteiger partial charge in [0.05, 0.1) is 6.61 Å². The van der Waals surface area contributed by atoms with E-state index in [-0.39, 0.29) is 11.3 Å². The van der Waals surface area contributed by atoms with Crippen molar-refractivity contribution in [2.45, 2.75) is 25.8 Å². The molecule has 5 heteroatoms. The Labute approximate surface area is 135 Å². The molecule has 3 heterocycles. The van der Waals surface area contributed by atoms with Crippen LogP contribution < -0.4 is 4.74 Å². The Morgan fingerprint density at radius 3 is 2.96 bits per heavy atom. The second-order valence-corrected chi connectivity index (χ2v) is 6.70. The lowest BCUT2D eigenvalue weighted by molar-refractivity contribution is -0.146. The largest absolute Gasteiger partial charge is 0.493 e. The number of hydrogen-bond acceptors (Lipinski definition) is 3. The van der Waals surface area contributed by atoms with Crippen molar-refractivity contribution in [3.05, 3.63) is 48.3 Å². The van der Waals surface area contributed by atoms with Gasteiger partial charge >= 0.3 is 0 Å². The highest BCUT2D eigenvalue weighted by Crippen LogP contribution is 2.41. The van der Waals surface area contributed by atoms with Crippen molar-refractivity contribution in [2.24, 2.45) is 5.41 Å². The maximum absolute atomic E-state index is 12.3. The van der Waals surface area contributed by atoms with Gasteiger partial charge in [-0.15, -0.1) is 0 Å². The fraction of sp³-hybridized carbons (Fsp3) is 0.444. The number of rotatable bonds is 4. The first-order chi connectivity index (χ1) is 11.2. The summed E-state index contributed by atoms with van der Waals surface area (Å²) in [6.07, 6.45) is 6.14. The van der Waals surface area contributed by atoms with Gasteiger partial charge in [-0.3, -0.25) is 9.48 Å². The molecule has 0 bridgehead atoms. The number of carbonyl (C=O) groups excluding carboxylic acids is 1. The molecule has 0 unspecified atom stereocenters. The molecule has 1 aromatic heterocycles. The van der Waals surface area contributed by atoms with Crippen LogP contribution in [0.25, 0.3) is 0 Å². The van der Waals surface area contributed by atoms with E-state index in [1.54, 1.807) is 6.20 Å². The lowest BCUT2D eigenvalue weighted by Gasteiger charge is -2.52. The van der Waals surface area contributed by atoms with Crippen LogP contribution in [0.1, 0.15) is 18.4 Å². The van der Waals surface area contributed by atoms with Crippen LogP contribution in [0.15, 0.2) is 42.7 Å². The van der Waals surface area contributed by atoms with E-state index < -0.39 is 0 Å². The molecule has 4 rings (SSSR count). The predicted molar refractivity (Wildman–Crippen MR) is 86.1 cm³/mol. The average molecular weight is 311 g/mol. The number of hydrogen-bond donors (Lipinski definition) is 0. The number of likely N-dealkylation sites (tertiary alicyclic amines) is 1. The maximum atomic E-state index is 12.3. The number of amides is 1. The molecule has 1 fully saturated rings. The third-order valence-corrected chi connectivity index (χ3v) is 4.81. The van der Waals surface area contributed by atoms with Crippen LogP contribution in [0.3, 0.4) is 0 Å². The second-order valence-electron chi connectivity index (χ2n) is 6.70. The summed E-state index contributed by atoms with van der Waals surface area (Å²) in [5.41, 5.74) is 1.40. The third-order valence-electron chi connectivity index (χ3n) is 4.81. The van der Waals surface area contributed by atoms with Crippen molar-refractivity contribution in [1.82, 2.24) is 14.7 Å². The van der Waals surface area contributed by atoms with E-state index in [2.05, 4.69) is 17.2 Å². The minimum absolute atomic E-state index is 0.131. The Bertz CT molecular complexity index is 690. The fourth-order valence-corrected chi connectivity index (χ4v) is 3.60. The number of fused-ring (bicyclic) bond motifs is 1. The lowest BCUT2D eigenvalue weighted by atomic mass is 9.74. The molecule has 5 nitrogen and oxygen atoms in total. The molecule has 0 radical (unpaired) electrons. The van der Waals surface area contributed by atoms with Gasteiger partial charge in [0.15, 0.2) is 0 Å². The van der Waals surface area contributed by atoms with Crippen LogP contribution >= 0.6 is 0 Å². The van der Waals surface area contributed by atoms with Crippen LogP contribution in [0.5, 0.6) is 5.75 Å². The van der Waals surface area contributed by atoms with E-state index >= 15 is 0 Å². The van der Waals surface area contributed by atoms with Gasteiger partial charge in [0.1, 0.15) is 5.75 Å². The standard InChI is InChI=1S/C18H21N3O2/c22-17(7-3-9-21-10-4-8-19-21)20-12-18(13-20)11-15-5-1-2-6-16(15)23-14-18/h1-2,4-6,8,10H,3,7,9,11-14H2. The SMILES string of the molecule is O=C(CCCn1cccn1)N1CC2(COc3ccccc3C2)C1. The fourth-order valence-electron chi connectivity index (χ4n) is 3.60. The smallest absolute Gasteiger partial charge is 0.222 e. The van der Waals surface area contributed by atoms with E-state index in [9.17, 15) is 4.79 Å². The number of nitrogens with zero attached hydrogens (tertiary/aromatic N) is 3. The summed E-state index contributed by atoms with van der Waals surface area (Å²) in [5, 5.41) is 4.16. The average Bonchev–Trinajstić information content (AvgIpc) is 3.05. The molecular formula is C18H21N3O2. The van der Waals surface area contributed by atoms with Crippen molar-refractivity contribution in [2.75, 3.05) is 19.7 Å². The number of para-hydroxylation sites is 1. The van der Waals surface area contributed by atoms with Crippen LogP contribution in [0.4, 0.5) is 0 Å². The van der Waals surface area contributed by atoms with Gasteiger partial charge in [0, 0.05) is 43.9 Å². The van der Waals surface area contributed by atoms with Crippen LogP contribution in [-0.2, 0) is 17.8 Å². The molecule has 1 saturated heterocycles. The minimum atomic E-state index is 0.131. The molecule has 0 aliphatic carbocycles. The Balaban J connectivity index is 1.27. The molecule has 2 aromatic rings. The van der Waals surface area contributed by atoms with Gasteiger partial charge < -0.3 is 9.64 Å². The monoisotopic (exact) mass is 311 g/mol. The molecule has 0 atom stereocenters. The molecule has 1 aromatic carbocycles. The number of ether oxygens (including phenoxy) is 1.